The van der Waals surface area contributed by atoms with Crippen LogP contribution in [0.15, 0.2) is 24.3 Å². The van der Waals surface area contributed by atoms with E-state index in [1.165, 1.54) is 4.90 Å². The number of benzene rings is 1. The topological polar surface area (TPSA) is 72.3 Å². The average molecular weight is 207 g/mol. The van der Waals surface area contributed by atoms with E-state index in [0.717, 1.165) is 24.1 Å². The van der Waals surface area contributed by atoms with E-state index in [1.807, 2.05) is 24.3 Å². The van der Waals surface area contributed by atoms with Crippen LogP contribution in [0, 0.1) is 0 Å². The zero-order valence-corrected chi connectivity index (χ0v) is 8.94. The van der Waals surface area contributed by atoms with E-state index in [2.05, 4.69) is 0 Å². The lowest BCUT2D eigenvalue weighted by Crippen LogP contribution is -2.32. The van der Waals surface area contributed by atoms with Crippen molar-refractivity contribution in [2.24, 2.45) is 11.5 Å². The second-order valence-electron chi connectivity index (χ2n) is 3.42. The van der Waals surface area contributed by atoms with Gasteiger partial charge in [0.15, 0.2) is 0 Å². The lowest BCUT2D eigenvalue weighted by atomic mass is 10.1. The number of hydrogen-bond donors (Lipinski definition) is 2. The normalized spacial score (nSPS) is 10.0. The minimum absolute atomic E-state index is 0.449. The number of nitrogens with two attached hydrogens (primary N) is 2. The maximum Gasteiger partial charge on any atom is 0.319 e. The number of rotatable bonds is 4. The van der Waals surface area contributed by atoms with Gasteiger partial charge in [-0.3, -0.25) is 4.90 Å². The molecule has 0 aliphatic carbocycles. The van der Waals surface area contributed by atoms with Crippen LogP contribution in [0.1, 0.15) is 12.0 Å². The summed E-state index contributed by atoms with van der Waals surface area (Å²) in [5.74, 6) is 0. The predicted octanol–water partition coefficient (Wildman–Crippen LogP) is 1.09. The minimum Gasteiger partial charge on any atom is -0.351 e. The molecule has 4 N–H and O–H groups in total. The predicted molar refractivity (Wildman–Crippen MR) is 61.8 cm³/mol. The molecule has 0 saturated carbocycles. The van der Waals surface area contributed by atoms with Gasteiger partial charge in [0.25, 0.3) is 0 Å². The minimum atomic E-state index is -0.449. The van der Waals surface area contributed by atoms with Crippen LogP contribution in [0.2, 0.25) is 0 Å². The Hall–Kier alpha value is -1.55. The summed E-state index contributed by atoms with van der Waals surface area (Å²) in [4.78, 5) is 12.5. The van der Waals surface area contributed by atoms with E-state index in [1.54, 1.807) is 7.05 Å². The molecule has 2 amide bonds. The van der Waals surface area contributed by atoms with Crippen LogP contribution in [0.5, 0.6) is 0 Å². The molecule has 1 rings (SSSR count). The highest BCUT2D eigenvalue weighted by molar-refractivity contribution is 5.90. The number of urea groups is 1. The average Bonchev–Trinajstić information content (AvgIpc) is 2.25. The fourth-order valence-corrected chi connectivity index (χ4v) is 1.46. The van der Waals surface area contributed by atoms with Gasteiger partial charge in [0.2, 0.25) is 0 Å². The Kier molecular flexibility index (Phi) is 4.12. The number of primary amides is 1. The number of carbonyl (C=O) groups excluding carboxylic acids is 1. The molecule has 0 aliphatic rings. The fraction of sp³-hybridized carbons (Fsp3) is 0.364. The molecule has 0 saturated heterocycles. The van der Waals surface area contributed by atoms with E-state index in [9.17, 15) is 4.79 Å². The molecule has 1 aromatic rings. The van der Waals surface area contributed by atoms with Crippen LogP contribution in [0.3, 0.4) is 0 Å². The van der Waals surface area contributed by atoms with Gasteiger partial charge in [-0.1, -0.05) is 18.2 Å². The fourth-order valence-electron chi connectivity index (χ4n) is 1.46. The first-order valence-electron chi connectivity index (χ1n) is 4.98. The number of anilines is 1. The van der Waals surface area contributed by atoms with Gasteiger partial charge in [0.1, 0.15) is 0 Å². The molecule has 0 heterocycles. The Morgan fingerprint density at radius 3 is 2.67 bits per heavy atom. The SMILES string of the molecule is CN(C(N)=O)c1ccccc1CCCN. The summed E-state index contributed by atoms with van der Waals surface area (Å²) < 4.78 is 0. The molecule has 0 fully saturated rings. The van der Waals surface area contributed by atoms with E-state index in [-0.39, 0.29) is 0 Å². The van der Waals surface area contributed by atoms with Gasteiger partial charge in [-0.2, -0.15) is 0 Å². The van der Waals surface area contributed by atoms with Crippen molar-refractivity contribution in [1.29, 1.82) is 0 Å². The van der Waals surface area contributed by atoms with Crippen LogP contribution in [-0.4, -0.2) is 19.6 Å². The second kappa shape index (κ2) is 5.36. The van der Waals surface area contributed by atoms with Crippen LogP contribution in [0.4, 0.5) is 10.5 Å². The largest absolute Gasteiger partial charge is 0.351 e. The summed E-state index contributed by atoms with van der Waals surface area (Å²) in [6.45, 7) is 0.647. The van der Waals surface area contributed by atoms with Gasteiger partial charge in [-0.15, -0.1) is 0 Å². The third-order valence-electron chi connectivity index (χ3n) is 2.33. The molecule has 0 radical (unpaired) electrons. The zero-order chi connectivity index (χ0) is 11.3. The number of carbonyl (C=O) groups is 1. The quantitative estimate of drug-likeness (QED) is 0.775. The van der Waals surface area contributed by atoms with Crippen LogP contribution < -0.4 is 16.4 Å². The molecular formula is C11H17N3O. The van der Waals surface area contributed by atoms with E-state index in [0.29, 0.717) is 6.54 Å². The van der Waals surface area contributed by atoms with Crippen molar-refractivity contribution < 1.29 is 4.79 Å². The van der Waals surface area contributed by atoms with Crippen molar-refractivity contribution in [3.8, 4) is 0 Å². The lowest BCUT2D eigenvalue weighted by Gasteiger charge is -2.18. The summed E-state index contributed by atoms with van der Waals surface area (Å²) in [5, 5.41) is 0. The number of nitrogens with zero attached hydrogens (tertiary/aromatic N) is 1. The Labute approximate surface area is 89.9 Å². The summed E-state index contributed by atoms with van der Waals surface area (Å²) in [5.41, 5.74) is 12.6. The summed E-state index contributed by atoms with van der Waals surface area (Å²) in [6, 6.07) is 7.27. The summed E-state index contributed by atoms with van der Waals surface area (Å²) in [6.07, 6.45) is 1.77. The Balaban J connectivity index is 2.90. The number of hydrogen-bond acceptors (Lipinski definition) is 2. The molecule has 15 heavy (non-hydrogen) atoms. The molecule has 0 spiro atoms. The molecule has 82 valence electrons. The van der Waals surface area contributed by atoms with Gasteiger partial charge in [-0.25, -0.2) is 4.79 Å². The molecule has 4 heteroatoms. The first-order valence-corrected chi connectivity index (χ1v) is 4.98. The second-order valence-corrected chi connectivity index (χ2v) is 3.42. The molecule has 0 aromatic heterocycles. The molecule has 0 aliphatic heterocycles. The van der Waals surface area contributed by atoms with Gasteiger partial charge < -0.3 is 11.5 Å². The molecule has 4 nitrogen and oxygen atoms in total. The number of aryl methyl sites for hydroxylation is 1. The first-order chi connectivity index (χ1) is 7.16. The van der Waals surface area contributed by atoms with Crippen molar-refractivity contribution >= 4 is 11.7 Å². The third-order valence-corrected chi connectivity index (χ3v) is 2.33. The van der Waals surface area contributed by atoms with Crippen molar-refractivity contribution in [3.63, 3.8) is 0 Å². The standard InChI is InChI=1S/C11H17N3O/c1-14(11(13)15)10-7-3-2-5-9(10)6-4-8-12/h2-3,5,7H,4,6,8,12H2,1H3,(H2,13,15). The monoisotopic (exact) mass is 207 g/mol. The smallest absolute Gasteiger partial charge is 0.319 e. The van der Waals surface area contributed by atoms with Crippen molar-refractivity contribution in [1.82, 2.24) is 0 Å². The van der Waals surface area contributed by atoms with Crippen LogP contribution in [0.25, 0.3) is 0 Å². The van der Waals surface area contributed by atoms with Gasteiger partial charge in [-0.05, 0) is 31.0 Å². The lowest BCUT2D eigenvalue weighted by molar-refractivity contribution is 0.255. The van der Waals surface area contributed by atoms with E-state index >= 15 is 0 Å². The Bertz CT molecular complexity index is 338. The molecule has 0 atom stereocenters. The maximum atomic E-state index is 11.0. The van der Waals surface area contributed by atoms with Crippen LogP contribution >= 0.6 is 0 Å². The molecular weight excluding hydrogens is 190 g/mol. The molecule has 0 bridgehead atoms. The first kappa shape index (κ1) is 11.5. The highest BCUT2D eigenvalue weighted by atomic mass is 16.2. The molecule has 0 unspecified atom stereocenters. The van der Waals surface area contributed by atoms with Crippen molar-refractivity contribution in [3.05, 3.63) is 29.8 Å². The third kappa shape index (κ3) is 2.95. The van der Waals surface area contributed by atoms with Gasteiger partial charge >= 0.3 is 6.03 Å². The highest BCUT2D eigenvalue weighted by Crippen LogP contribution is 2.20. The van der Waals surface area contributed by atoms with Gasteiger partial charge in [0, 0.05) is 12.7 Å². The van der Waals surface area contributed by atoms with E-state index < -0.39 is 6.03 Å². The summed E-state index contributed by atoms with van der Waals surface area (Å²) >= 11 is 0. The van der Waals surface area contributed by atoms with Crippen molar-refractivity contribution in [2.45, 2.75) is 12.8 Å². The van der Waals surface area contributed by atoms with Gasteiger partial charge in [0.05, 0.1) is 0 Å². The zero-order valence-electron chi connectivity index (χ0n) is 8.94. The number of amides is 2. The summed E-state index contributed by atoms with van der Waals surface area (Å²) in [7, 11) is 1.67. The Morgan fingerprint density at radius 1 is 1.40 bits per heavy atom. The van der Waals surface area contributed by atoms with E-state index in [4.69, 9.17) is 11.5 Å². The highest BCUT2D eigenvalue weighted by Gasteiger charge is 2.09. The van der Waals surface area contributed by atoms with Crippen LogP contribution in [-0.2, 0) is 6.42 Å². The Morgan fingerprint density at radius 2 is 2.07 bits per heavy atom. The number of para-hydroxylation sites is 1. The maximum absolute atomic E-state index is 11.0. The molecule has 1 aromatic carbocycles. The van der Waals surface area contributed by atoms with Crippen molar-refractivity contribution in [2.75, 3.05) is 18.5 Å².